The first kappa shape index (κ1) is 23.1. The van der Waals surface area contributed by atoms with Crippen molar-refractivity contribution in [3.63, 3.8) is 0 Å². The number of nitrogens with one attached hydrogen (secondary N) is 4. The Balaban J connectivity index is 1.41. The summed E-state index contributed by atoms with van der Waals surface area (Å²) in [5.74, 6) is -0.369. The van der Waals surface area contributed by atoms with Crippen molar-refractivity contribution < 1.29 is 13.2 Å². The van der Waals surface area contributed by atoms with E-state index in [1.165, 1.54) is 24.3 Å². The van der Waals surface area contributed by atoms with Crippen molar-refractivity contribution in [3.05, 3.63) is 88.8 Å². The molecule has 1 amide bonds. The molecule has 1 aromatic heterocycles. The number of aromatic nitrogens is 2. The van der Waals surface area contributed by atoms with Gasteiger partial charge in [0.1, 0.15) is 0 Å². The molecule has 9 nitrogen and oxygen atoms in total. The van der Waals surface area contributed by atoms with E-state index >= 15 is 0 Å². The smallest absolute Gasteiger partial charge is 0.323 e. The molecule has 1 heterocycles. The minimum absolute atomic E-state index is 0.0330. The van der Waals surface area contributed by atoms with Crippen molar-refractivity contribution in [2.24, 2.45) is 0 Å². The summed E-state index contributed by atoms with van der Waals surface area (Å²) in [6.07, 6.45) is 0.722. The Morgan fingerprint density at radius 1 is 0.941 bits per heavy atom. The number of sulfonamides is 1. The molecule has 0 fully saturated rings. The van der Waals surface area contributed by atoms with Crippen LogP contribution in [0, 0.1) is 0 Å². The number of carbonyl (C=O) groups is 1. The molecule has 0 spiro atoms. The zero-order chi connectivity index (χ0) is 24.1. The van der Waals surface area contributed by atoms with Crippen molar-refractivity contribution in [2.45, 2.75) is 11.3 Å². The lowest BCUT2D eigenvalue weighted by Crippen LogP contribution is -2.29. The molecule has 0 unspecified atom stereocenters. The van der Waals surface area contributed by atoms with E-state index in [1.54, 1.807) is 18.2 Å². The maximum absolute atomic E-state index is 12.9. The highest BCUT2D eigenvalue weighted by Crippen LogP contribution is 2.22. The second-order valence-corrected chi connectivity index (χ2v) is 9.49. The summed E-state index contributed by atoms with van der Waals surface area (Å²) in [6.45, 7) is 1.19. The van der Waals surface area contributed by atoms with Crippen molar-refractivity contribution >= 4 is 38.3 Å². The van der Waals surface area contributed by atoms with Gasteiger partial charge >= 0.3 is 5.69 Å². The summed E-state index contributed by atoms with van der Waals surface area (Å²) in [6, 6.07) is 20.6. The van der Waals surface area contributed by atoms with Gasteiger partial charge in [-0.15, -0.1) is 0 Å². The van der Waals surface area contributed by atoms with Crippen LogP contribution in [0.5, 0.6) is 0 Å². The molecule has 0 radical (unpaired) electrons. The third-order valence-electron chi connectivity index (χ3n) is 5.37. The zero-order valence-corrected chi connectivity index (χ0v) is 19.4. The Morgan fingerprint density at radius 2 is 1.65 bits per heavy atom. The molecular formula is C24H25N5O4S. The summed E-state index contributed by atoms with van der Waals surface area (Å²) in [5, 5.41) is 2.85. The van der Waals surface area contributed by atoms with E-state index in [2.05, 4.69) is 24.9 Å². The highest BCUT2D eigenvalue weighted by Gasteiger charge is 2.19. The zero-order valence-electron chi connectivity index (χ0n) is 18.5. The van der Waals surface area contributed by atoms with Gasteiger partial charge in [0.25, 0.3) is 15.9 Å². The van der Waals surface area contributed by atoms with Crippen LogP contribution in [0.25, 0.3) is 11.0 Å². The van der Waals surface area contributed by atoms with Gasteiger partial charge in [-0.05, 0) is 48.9 Å². The van der Waals surface area contributed by atoms with Crippen LogP contribution < -0.4 is 20.6 Å². The number of H-pyrrole nitrogens is 2. The number of rotatable bonds is 9. The predicted octanol–water partition coefficient (Wildman–Crippen LogP) is 2.91. The van der Waals surface area contributed by atoms with Gasteiger partial charge in [-0.3, -0.25) is 9.52 Å². The van der Waals surface area contributed by atoms with Gasteiger partial charge in [-0.2, -0.15) is 0 Å². The molecule has 4 N–H and O–H groups in total. The topological polar surface area (TPSA) is 127 Å². The molecule has 0 aliphatic rings. The first-order valence-corrected chi connectivity index (χ1v) is 12.2. The van der Waals surface area contributed by atoms with Gasteiger partial charge in [0.05, 0.1) is 27.2 Å². The average molecular weight is 480 g/mol. The Hall–Kier alpha value is -4.05. The maximum Gasteiger partial charge on any atom is 0.323 e. The molecule has 0 atom stereocenters. The van der Waals surface area contributed by atoms with Gasteiger partial charge in [0.2, 0.25) is 0 Å². The Labute approximate surface area is 196 Å². The van der Waals surface area contributed by atoms with Crippen molar-refractivity contribution in [2.75, 3.05) is 29.8 Å². The Kier molecular flexibility index (Phi) is 6.69. The van der Waals surface area contributed by atoms with Crippen molar-refractivity contribution in [1.82, 2.24) is 15.3 Å². The SMILES string of the molecule is CN(CCCNC(=O)c1ccccc1NS(=O)(=O)c1ccc2[nH]c(=O)[nH]c2c1)c1ccccc1. The van der Waals surface area contributed by atoms with Crippen LogP contribution in [0.4, 0.5) is 11.4 Å². The quantitative estimate of drug-likeness (QED) is 0.275. The second-order valence-electron chi connectivity index (χ2n) is 7.80. The average Bonchev–Trinajstić information content (AvgIpc) is 3.21. The number of aromatic amines is 2. The fourth-order valence-electron chi connectivity index (χ4n) is 3.58. The molecule has 4 rings (SSSR count). The summed E-state index contributed by atoms with van der Waals surface area (Å²) in [7, 11) is -2.00. The van der Waals surface area contributed by atoms with Crippen LogP contribution >= 0.6 is 0 Å². The summed E-state index contributed by atoms with van der Waals surface area (Å²) < 4.78 is 28.4. The number of fused-ring (bicyclic) bond motifs is 1. The molecule has 34 heavy (non-hydrogen) atoms. The summed E-state index contributed by atoms with van der Waals surface area (Å²) >= 11 is 0. The Morgan fingerprint density at radius 3 is 2.44 bits per heavy atom. The predicted molar refractivity (Wildman–Crippen MR) is 133 cm³/mol. The van der Waals surface area contributed by atoms with E-state index in [4.69, 9.17) is 0 Å². The minimum atomic E-state index is -3.99. The first-order chi connectivity index (χ1) is 16.3. The molecule has 176 valence electrons. The number of carbonyl (C=O) groups excluding carboxylic acids is 1. The second kappa shape index (κ2) is 9.84. The highest BCUT2D eigenvalue weighted by atomic mass is 32.2. The monoisotopic (exact) mass is 479 g/mol. The fourth-order valence-corrected chi connectivity index (χ4v) is 4.68. The highest BCUT2D eigenvalue weighted by molar-refractivity contribution is 7.92. The molecule has 10 heteroatoms. The number of benzene rings is 3. The van der Waals surface area contributed by atoms with Gasteiger partial charge < -0.3 is 20.2 Å². The van der Waals surface area contributed by atoms with E-state index in [0.717, 1.165) is 18.7 Å². The van der Waals surface area contributed by atoms with Crippen LogP contribution in [-0.2, 0) is 10.0 Å². The molecule has 4 aromatic rings. The van der Waals surface area contributed by atoms with Crippen LogP contribution in [0.3, 0.4) is 0 Å². The minimum Gasteiger partial charge on any atom is -0.375 e. The van der Waals surface area contributed by atoms with E-state index in [0.29, 0.717) is 17.6 Å². The number of amides is 1. The summed E-state index contributed by atoms with van der Waals surface area (Å²) in [5.41, 5.74) is 1.94. The largest absolute Gasteiger partial charge is 0.375 e. The van der Waals surface area contributed by atoms with E-state index in [1.807, 2.05) is 37.4 Å². The van der Waals surface area contributed by atoms with Crippen LogP contribution in [0.1, 0.15) is 16.8 Å². The lowest BCUT2D eigenvalue weighted by Gasteiger charge is -2.19. The molecule has 0 aliphatic carbocycles. The van der Waals surface area contributed by atoms with Crippen LogP contribution in [0.15, 0.2) is 82.5 Å². The molecular weight excluding hydrogens is 454 g/mol. The van der Waals surface area contributed by atoms with Gasteiger partial charge in [0.15, 0.2) is 0 Å². The van der Waals surface area contributed by atoms with E-state index < -0.39 is 15.7 Å². The number of para-hydroxylation sites is 2. The number of nitrogens with zero attached hydrogens (tertiary/aromatic N) is 1. The fraction of sp³-hybridized carbons (Fsp3) is 0.167. The standard InChI is InChI=1S/C24H25N5O4S/c1-29(17-8-3-2-4-9-17)15-7-14-25-23(30)19-10-5-6-11-20(19)28-34(32,33)18-12-13-21-22(16-18)27-24(31)26-21/h2-6,8-13,16,28H,7,14-15H2,1H3,(H,25,30)(H2,26,27,31). The summed E-state index contributed by atoms with van der Waals surface area (Å²) in [4.78, 5) is 31.4. The van der Waals surface area contributed by atoms with Gasteiger partial charge in [-0.25, -0.2) is 13.2 Å². The number of hydrogen-bond acceptors (Lipinski definition) is 5. The normalized spacial score (nSPS) is 11.3. The maximum atomic E-state index is 12.9. The van der Waals surface area contributed by atoms with Crippen LogP contribution in [0.2, 0.25) is 0 Å². The lowest BCUT2D eigenvalue weighted by molar-refractivity contribution is 0.0954. The van der Waals surface area contributed by atoms with Crippen LogP contribution in [-0.4, -0.2) is 44.4 Å². The van der Waals surface area contributed by atoms with Gasteiger partial charge in [-0.1, -0.05) is 30.3 Å². The van der Waals surface area contributed by atoms with Gasteiger partial charge in [0, 0.05) is 25.8 Å². The first-order valence-electron chi connectivity index (χ1n) is 10.7. The third-order valence-corrected chi connectivity index (χ3v) is 6.73. The molecule has 0 saturated heterocycles. The van der Waals surface area contributed by atoms with Crippen molar-refractivity contribution in [1.29, 1.82) is 0 Å². The number of hydrogen-bond donors (Lipinski definition) is 4. The van der Waals surface area contributed by atoms with E-state index in [9.17, 15) is 18.0 Å². The molecule has 0 aliphatic heterocycles. The molecule has 3 aromatic carbocycles. The number of anilines is 2. The van der Waals surface area contributed by atoms with Crippen molar-refractivity contribution in [3.8, 4) is 0 Å². The molecule has 0 saturated carbocycles. The third kappa shape index (κ3) is 5.29. The Bertz CT molecular complexity index is 1460. The van der Waals surface area contributed by atoms with E-state index in [-0.39, 0.29) is 22.1 Å². The lowest BCUT2D eigenvalue weighted by atomic mass is 10.1. The number of imidazole rings is 1. The molecule has 0 bridgehead atoms.